The fourth-order valence-corrected chi connectivity index (χ4v) is 1.48. The Morgan fingerprint density at radius 1 is 1.33 bits per heavy atom. The Bertz CT molecular complexity index is 289. The van der Waals surface area contributed by atoms with Crippen molar-refractivity contribution < 1.29 is 9.13 Å². The molecule has 2 atom stereocenters. The third-order valence-electron chi connectivity index (χ3n) is 2.36. The number of hydrogen-bond donors (Lipinski definition) is 2. The predicted octanol–water partition coefficient (Wildman–Crippen LogP) is 1.13. The molecular weight excluding hydrogens is 195 g/mol. The van der Waals surface area contributed by atoms with Crippen LogP contribution in [0.5, 0.6) is 0 Å². The van der Waals surface area contributed by atoms with E-state index >= 15 is 0 Å². The molecule has 15 heavy (non-hydrogen) atoms. The van der Waals surface area contributed by atoms with Gasteiger partial charge in [0.05, 0.1) is 12.1 Å². The topological polar surface area (TPSA) is 61.3 Å². The number of rotatable bonds is 5. The molecule has 0 amide bonds. The highest BCUT2D eigenvalue weighted by Gasteiger charge is 2.18. The third-order valence-corrected chi connectivity index (χ3v) is 2.36. The average Bonchev–Trinajstić information content (AvgIpc) is 2.30. The van der Waals surface area contributed by atoms with Crippen molar-refractivity contribution in [2.75, 3.05) is 13.8 Å². The summed E-state index contributed by atoms with van der Waals surface area (Å²) in [7, 11) is 1.52. The molecule has 0 bridgehead atoms. The quantitative estimate of drug-likeness (QED) is 0.769. The highest BCUT2D eigenvalue weighted by atomic mass is 19.1. The van der Waals surface area contributed by atoms with E-state index in [1.807, 2.05) is 24.3 Å². The Balaban J connectivity index is 2.83. The maximum atomic E-state index is 12.4. The zero-order valence-corrected chi connectivity index (χ0v) is 8.82. The van der Waals surface area contributed by atoms with Crippen LogP contribution in [-0.4, -0.2) is 19.8 Å². The van der Waals surface area contributed by atoms with Crippen LogP contribution in [0.15, 0.2) is 24.3 Å². The first-order chi connectivity index (χ1) is 7.22. The van der Waals surface area contributed by atoms with Crippen molar-refractivity contribution in [3.63, 3.8) is 0 Å². The molecule has 0 saturated heterocycles. The van der Waals surface area contributed by atoms with Gasteiger partial charge in [0.25, 0.3) is 0 Å². The number of ether oxygens (including phenoxy) is 1. The highest BCUT2D eigenvalue weighted by Crippen LogP contribution is 2.20. The molecule has 0 aromatic heterocycles. The SMILES string of the molecule is CO[C@H](c1ccc(CN)cc1)[C@H](N)CF. The highest BCUT2D eigenvalue weighted by molar-refractivity contribution is 5.25. The lowest BCUT2D eigenvalue weighted by Gasteiger charge is -2.20. The van der Waals surface area contributed by atoms with Gasteiger partial charge >= 0.3 is 0 Å². The van der Waals surface area contributed by atoms with E-state index in [0.717, 1.165) is 11.1 Å². The second-order valence-electron chi connectivity index (χ2n) is 3.42. The lowest BCUT2D eigenvalue weighted by Crippen LogP contribution is -2.31. The van der Waals surface area contributed by atoms with E-state index in [1.54, 1.807) is 0 Å². The van der Waals surface area contributed by atoms with Gasteiger partial charge in [0.2, 0.25) is 0 Å². The van der Waals surface area contributed by atoms with E-state index < -0.39 is 18.8 Å². The number of hydrogen-bond acceptors (Lipinski definition) is 3. The minimum absolute atomic E-state index is 0.401. The zero-order chi connectivity index (χ0) is 11.3. The molecule has 3 nitrogen and oxygen atoms in total. The fraction of sp³-hybridized carbons (Fsp3) is 0.455. The summed E-state index contributed by atoms with van der Waals surface area (Å²) in [6, 6.07) is 6.90. The average molecular weight is 212 g/mol. The van der Waals surface area contributed by atoms with Crippen molar-refractivity contribution in [2.24, 2.45) is 11.5 Å². The second kappa shape index (κ2) is 5.80. The van der Waals surface area contributed by atoms with E-state index in [2.05, 4.69) is 0 Å². The Kier molecular flexibility index (Phi) is 4.68. The zero-order valence-electron chi connectivity index (χ0n) is 8.82. The van der Waals surface area contributed by atoms with Crippen LogP contribution in [0.2, 0.25) is 0 Å². The van der Waals surface area contributed by atoms with Crippen LogP contribution in [0.4, 0.5) is 4.39 Å². The number of benzene rings is 1. The molecule has 84 valence electrons. The van der Waals surface area contributed by atoms with Crippen molar-refractivity contribution in [1.29, 1.82) is 0 Å². The Morgan fingerprint density at radius 3 is 2.33 bits per heavy atom. The number of nitrogens with two attached hydrogens (primary N) is 2. The van der Waals surface area contributed by atoms with Crippen LogP contribution < -0.4 is 11.5 Å². The lowest BCUT2D eigenvalue weighted by atomic mass is 10.0. The molecule has 0 aliphatic rings. The number of alkyl halides is 1. The van der Waals surface area contributed by atoms with Gasteiger partial charge in [0, 0.05) is 13.7 Å². The predicted molar refractivity (Wildman–Crippen MR) is 58.0 cm³/mol. The first-order valence-corrected chi connectivity index (χ1v) is 4.86. The van der Waals surface area contributed by atoms with Crippen LogP contribution in [0.25, 0.3) is 0 Å². The van der Waals surface area contributed by atoms with Gasteiger partial charge in [0.15, 0.2) is 0 Å². The summed E-state index contributed by atoms with van der Waals surface area (Å²) in [6.07, 6.45) is -0.401. The van der Waals surface area contributed by atoms with E-state index in [4.69, 9.17) is 16.2 Å². The van der Waals surface area contributed by atoms with Crippen LogP contribution in [0.1, 0.15) is 17.2 Å². The Morgan fingerprint density at radius 2 is 1.93 bits per heavy atom. The normalized spacial score (nSPS) is 14.9. The minimum Gasteiger partial charge on any atom is -0.375 e. The monoisotopic (exact) mass is 212 g/mol. The van der Waals surface area contributed by atoms with Crippen LogP contribution in [0, 0.1) is 0 Å². The molecule has 1 aromatic rings. The van der Waals surface area contributed by atoms with Crippen molar-refractivity contribution in [1.82, 2.24) is 0 Å². The fourth-order valence-electron chi connectivity index (χ4n) is 1.48. The first kappa shape index (κ1) is 12.1. The summed E-state index contributed by atoms with van der Waals surface area (Å²) in [6.45, 7) is -0.107. The molecule has 0 aliphatic carbocycles. The molecule has 1 rings (SSSR count). The molecule has 0 aliphatic heterocycles. The summed E-state index contributed by atoms with van der Waals surface area (Å²) in [4.78, 5) is 0. The summed E-state index contributed by atoms with van der Waals surface area (Å²) >= 11 is 0. The van der Waals surface area contributed by atoms with Crippen LogP contribution >= 0.6 is 0 Å². The molecule has 0 unspecified atom stereocenters. The van der Waals surface area contributed by atoms with Gasteiger partial charge in [-0.3, -0.25) is 0 Å². The standard InChI is InChI=1S/C11H17FN2O/c1-15-11(10(14)6-12)9-4-2-8(7-13)3-5-9/h2-5,10-11H,6-7,13-14H2,1H3/t10-,11-/m1/s1. The smallest absolute Gasteiger partial charge is 0.107 e. The molecule has 4 N–H and O–H groups in total. The van der Waals surface area contributed by atoms with E-state index in [9.17, 15) is 4.39 Å². The van der Waals surface area contributed by atoms with E-state index in [0.29, 0.717) is 6.54 Å². The Hall–Kier alpha value is -0.970. The summed E-state index contributed by atoms with van der Waals surface area (Å²) in [5.74, 6) is 0. The molecule has 0 spiro atoms. The maximum Gasteiger partial charge on any atom is 0.107 e. The molecule has 0 radical (unpaired) electrons. The van der Waals surface area contributed by atoms with Crippen LogP contribution in [-0.2, 0) is 11.3 Å². The minimum atomic E-state index is -0.626. The van der Waals surface area contributed by atoms with Gasteiger partial charge in [-0.15, -0.1) is 0 Å². The van der Waals surface area contributed by atoms with Crippen molar-refractivity contribution in [2.45, 2.75) is 18.7 Å². The van der Waals surface area contributed by atoms with Crippen molar-refractivity contribution in [3.8, 4) is 0 Å². The van der Waals surface area contributed by atoms with Gasteiger partial charge in [-0.05, 0) is 11.1 Å². The van der Waals surface area contributed by atoms with Gasteiger partial charge in [-0.2, -0.15) is 0 Å². The summed E-state index contributed by atoms with van der Waals surface area (Å²) in [5, 5.41) is 0. The summed E-state index contributed by atoms with van der Waals surface area (Å²) < 4.78 is 17.6. The van der Waals surface area contributed by atoms with Crippen molar-refractivity contribution in [3.05, 3.63) is 35.4 Å². The molecular formula is C11H17FN2O. The van der Waals surface area contributed by atoms with E-state index in [-0.39, 0.29) is 0 Å². The van der Waals surface area contributed by atoms with Gasteiger partial charge < -0.3 is 16.2 Å². The second-order valence-corrected chi connectivity index (χ2v) is 3.42. The third kappa shape index (κ3) is 2.99. The van der Waals surface area contributed by atoms with E-state index in [1.165, 1.54) is 7.11 Å². The molecule has 0 fully saturated rings. The first-order valence-electron chi connectivity index (χ1n) is 4.86. The molecule has 0 saturated carbocycles. The molecule has 0 heterocycles. The van der Waals surface area contributed by atoms with Gasteiger partial charge in [-0.25, -0.2) is 4.39 Å². The number of halogens is 1. The van der Waals surface area contributed by atoms with Crippen LogP contribution in [0.3, 0.4) is 0 Å². The molecule has 1 aromatic carbocycles. The maximum absolute atomic E-state index is 12.4. The van der Waals surface area contributed by atoms with Gasteiger partial charge in [-0.1, -0.05) is 24.3 Å². The molecule has 4 heteroatoms. The Labute approximate surface area is 89.2 Å². The number of methoxy groups -OCH3 is 1. The van der Waals surface area contributed by atoms with Crippen molar-refractivity contribution >= 4 is 0 Å². The lowest BCUT2D eigenvalue weighted by molar-refractivity contribution is 0.0720. The summed E-state index contributed by atoms with van der Waals surface area (Å²) in [5.41, 5.74) is 13.0. The largest absolute Gasteiger partial charge is 0.375 e. The van der Waals surface area contributed by atoms with Gasteiger partial charge in [0.1, 0.15) is 6.67 Å².